The lowest BCUT2D eigenvalue weighted by molar-refractivity contribution is -0.231. The standard InChI is InChI=1S/C20H22O9S2/c1-12-3-7-14(8-4-12)30(22,23)28-18-17-16(21)11-26-20(27-17)19(18)29-31(24,25)15-9-5-13(2)6-10-15/h3-10,16-21H,11H2,1-2H3/t16-,17+,18-,19+,20+/m1/s1. The van der Waals surface area contributed by atoms with Gasteiger partial charge in [0, 0.05) is 0 Å². The van der Waals surface area contributed by atoms with Gasteiger partial charge in [0.1, 0.15) is 18.3 Å². The van der Waals surface area contributed by atoms with Crippen LogP contribution >= 0.6 is 0 Å². The van der Waals surface area contributed by atoms with Crippen molar-refractivity contribution in [2.45, 2.75) is 54.3 Å². The molecular weight excluding hydrogens is 448 g/mol. The number of aliphatic hydroxyl groups excluding tert-OH is 1. The molecule has 0 spiro atoms. The quantitative estimate of drug-likeness (QED) is 0.621. The number of aryl methyl sites for hydroxylation is 2. The van der Waals surface area contributed by atoms with Gasteiger partial charge >= 0.3 is 0 Å². The summed E-state index contributed by atoms with van der Waals surface area (Å²) >= 11 is 0. The van der Waals surface area contributed by atoms with Crippen LogP contribution in [0, 0.1) is 13.8 Å². The van der Waals surface area contributed by atoms with Crippen molar-refractivity contribution < 1.29 is 39.8 Å². The van der Waals surface area contributed by atoms with Gasteiger partial charge in [-0.3, -0.25) is 8.37 Å². The Morgan fingerprint density at radius 3 is 1.74 bits per heavy atom. The first-order valence-electron chi connectivity index (χ1n) is 9.52. The molecule has 0 unspecified atom stereocenters. The number of fused-ring (bicyclic) bond motifs is 2. The van der Waals surface area contributed by atoms with E-state index < -0.39 is 50.9 Å². The fraction of sp³-hybridized carbons (Fsp3) is 0.400. The SMILES string of the molecule is Cc1ccc(S(=O)(=O)O[C@H]2[C@H](OS(=O)(=O)c3ccc(C)cc3)[C@H]3OC[C@@H](O)[C@@H]2O3)cc1. The summed E-state index contributed by atoms with van der Waals surface area (Å²) < 4.78 is 72.7. The molecule has 9 nitrogen and oxygen atoms in total. The third kappa shape index (κ3) is 4.53. The number of hydrogen-bond acceptors (Lipinski definition) is 9. The van der Waals surface area contributed by atoms with Crippen molar-refractivity contribution in [2.75, 3.05) is 6.61 Å². The van der Waals surface area contributed by atoms with Gasteiger partial charge in [0.05, 0.1) is 16.4 Å². The molecule has 0 aromatic heterocycles. The zero-order valence-electron chi connectivity index (χ0n) is 16.7. The van der Waals surface area contributed by atoms with Gasteiger partial charge in [0.2, 0.25) is 0 Å². The summed E-state index contributed by atoms with van der Waals surface area (Å²) in [4.78, 5) is -0.227. The topological polar surface area (TPSA) is 125 Å². The van der Waals surface area contributed by atoms with Crippen LogP contribution in [0.1, 0.15) is 11.1 Å². The summed E-state index contributed by atoms with van der Waals surface area (Å²) in [5, 5.41) is 10.2. The van der Waals surface area contributed by atoms with Gasteiger partial charge in [-0.05, 0) is 38.1 Å². The fourth-order valence-corrected chi connectivity index (χ4v) is 5.57. The van der Waals surface area contributed by atoms with Gasteiger partial charge in [-0.2, -0.15) is 16.8 Å². The molecule has 4 rings (SSSR count). The van der Waals surface area contributed by atoms with E-state index in [1.54, 1.807) is 38.1 Å². The Morgan fingerprint density at radius 2 is 1.26 bits per heavy atom. The molecule has 2 aliphatic rings. The highest BCUT2D eigenvalue weighted by Gasteiger charge is 2.56. The summed E-state index contributed by atoms with van der Waals surface area (Å²) in [6.45, 7) is 3.43. The van der Waals surface area contributed by atoms with Crippen molar-refractivity contribution in [1.82, 2.24) is 0 Å². The van der Waals surface area contributed by atoms with E-state index in [1.165, 1.54) is 24.3 Å². The summed E-state index contributed by atoms with van der Waals surface area (Å²) in [6.07, 6.45) is -6.45. The van der Waals surface area contributed by atoms with Crippen molar-refractivity contribution in [3.05, 3.63) is 59.7 Å². The molecular formula is C20H22O9S2. The van der Waals surface area contributed by atoms with E-state index >= 15 is 0 Å². The average molecular weight is 471 g/mol. The number of rotatable bonds is 6. The normalized spacial score (nSPS) is 28.5. The second-order valence-electron chi connectivity index (χ2n) is 7.53. The lowest BCUT2D eigenvalue weighted by Crippen LogP contribution is -2.43. The van der Waals surface area contributed by atoms with Gasteiger partial charge in [0.15, 0.2) is 12.4 Å². The lowest BCUT2D eigenvalue weighted by atomic mass is 10.1. The van der Waals surface area contributed by atoms with Crippen LogP contribution in [0.25, 0.3) is 0 Å². The Hall–Kier alpha value is -1.86. The Bertz CT molecular complexity index is 1140. The van der Waals surface area contributed by atoms with E-state index in [4.69, 9.17) is 17.8 Å². The Balaban J connectivity index is 1.64. The Labute approximate surface area is 180 Å². The maximum absolute atomic E-state index is 12.8. The largest absolute Gasteiger partial charge is 0.388 e. The van der Waals surface area contributed by atoms with Crippen LogP contribution in [0.5, 0.6) is 0 Å². The predicted octanol–water partition coefficient (Wildman–Crippen LogP) is 1.27. The summed E-state index contributed by atoms with van der Waals surface area (Å²) in [6, 6.07) is 11.9. The third-order valence-corrected chi connectivity index (χ3v) is 7.76. The van der Waals surface area contributed by atoms with Gasteiger partial charge in [-0.1, -0.05) is 35.4 Å². The van der Waals surface area contributed by atoms with Crippen LogP contribution in [0.15, 0.2) is 58.3 Å². The molecule has 0 amide bonds. The minimum atomic E-state index is -4.30. The molecule has 0 radical (unpaired) electrons. The number of ether oxygens (including phenoxy) is 2. The molecule has 168 valence electrons. The molecule has 1 N–H and O–H groups in total. The highest BCUT2D eigenvalue weighted by Crippen LogP contribution is 2.37. The van der Waals surface area contributed by atoms with Crippen LogP contribution in [-0.2, 0) is 38.1 Å². The van der Waals surface area contributed by atoms with Gasteiger partial charge in [-0.15, -0.1) is 0 Å². The Morgan fingerprint density at radius 1 is 0.806 bits per heavy atom. The maximum atomic E-state index is 12.8. The minimum absolute atomic E-state index is 0.111. The smallest absolute Gasteiger partial charge is 0.297 e. The molecule has 2 aromatic rings. The van der Waals surface area contributed by atoms with Crippen molar-refractivity contribution in [3.63, 3.8) is 0 Å². The molecule has 0 saturated carbocycles. The van der Waals surface area contributed by atoms with Crippen LogP contribution < -0.4 is 0 Å². The van der Waals surface area contributed by atoms with Crippen LogP contribution in [0.3, 0.4) is 0 Å². The molecule has 2 saturated heterocycles. The zero-order valence-corrected chi connectivity index (χ0v) is 18.4. The second-order valence-corrected chi connectivity index (χ2v) is 10.7. The average Bonchev–Trinajstić information content (AvgIpc) is 2.98. The second kappa shape index (κ2) is 8.24. The van der Waals surface area contributed by atoms with Gasteiger partial charge in [-0.25, -0.2) is 0 Å². The third-order valence-electron chi connectivity index (χ3n) is 5.11. The monoisotopic (exact) mass is 470 g/mol. The minimum Gasteiger partial charge on any atom is -0.388 e. The molecule has 2 fully saturated rings. The molecule has 2 bridgehead atoms. The van der Waals surface area contributed by atoms with Gasteiger partial charge in [0.25, 0.3) is 20.2 Å². The first-order valence-corrected chi connectivity index (χ1v) is 12.3. The molecule has 31 heavy (non-hydrogen) atoms. The predicted molar refractivity (Wildman–Crippen MR) is 107 cm³/mol. The lowest BCUT2D eigenvalue weighted by Gasteiger charge is -2.26. The number of aliphatic hydroxyl groups is 1. The fourth-order valence-electron chi connectivity index (χ4n) is 3.41. The zero-order chi connectivity index (χ0) is 22.4. The first kappa shape index (κ1) is 22.3. The van der Waals surface area contributed by atoms with Crippen LogP contribution in [-0.4, -0.2) is 59.3 Å². The van der Waals surface area contributed by atoms with Crippen molar-refractivity contribution in [2.24, 2.45) is 0 Å². The van der Waals surface area contributed by atoms with E-state index in [9.17, 15) is 21.9 Å². The molecule has 11 heteroatoms. The number of hydrogen-bond donors (Lipinski definition) is 1. The van der Waals surface area contributed by atoms with E-state index in [2.05, 4.69) is 0 Å². The van der Waals surface area contributed by atoms with Crippen LogP contribution in [0.2, 0.25) is 0 Å². The van der Waals surface area contributed by atoms with E-state index in [1.807, 2.05) is 0 Å². The molecule has 2 heterocycles. The Kier molecular flexibility index (Phi) is 5.94. The molecule has 5 atom stereocenters. The van der Waals surface area contributed by atoms with E-state index in [-0.39, 0.29) is 16.4 Å². The highest BCUT2D eigenvalue weighted by atomic mass is 32.2. The van der Waals surface area contributed by atoms with E-state index in [0.717, 1.165) is 11.1 Å². The maximum Gasteiger partial charge on any atom is 0.297 e. The molecule has 2 aliphatic heterocycles. The first-order chi connectivity index (χ1) is 14.6. The van der Waals surface area contributed by atoms with Crippen molar-refractivity contribution in [3.8, 4) is 0 Å². The summed E-state index contributed by atoms with van der Waals surface area (Å²) in [5.41, 5.74) is 1.71. The molecule has 0 aliphatic carbocycles. The van der Waals surface area contributed by atoms with Gasteiger partial charge < -0.3 is 14.6 Å². The van der Waals surface area contributed by atoms with E-state index in [0.29, 0.717) is 0 Å². The van der Waals surface area contributed by atoms with Crippen molar-refractivity contribution >= 4 is 20.2 Å². The van der Waals surface area contributed by atoms with Crippen LogP contribution in [0.4, 0.5) is 0 Å². The van der Waals surface area contributed by atoms with Crippen molar-refractivity contribution in [1.29, 1.82) is 0 Å². The molecule has 2 aromatic carbocycles. The highest BCUT2D eigenvalue weighted by molar-refractivity contribution is 7.87. The summed E-state index contributed by atoms with van der Waals surface area (Å²) in [5.74, 6) is 0. The summed E-state index contributed by atoms with van der Waals surface area (Å²) in [7, 11) is -8.59. The number of benzene rings is 2.